The number of benzene rings is 1. The number of halogens is 1. The van der Waals surface area contributed by atoms with E-state index in [1.54, 1.807) is 0 Å². The monoisotopic (exact) mass is 220 g/mol. The molecule has 0 aromatic heterocycles. The molecule has 0 aliphatic heterocycles. The first kappa shape index (κ1) is 11.3. The van der Waals surface area contributed by atoms with Gasteiger partial charge in [-0.2, -0.15) is 0 Å². The highest BCUT2D eigenvalue weighted by atomic mass is 19.1. The highest BCUT2D eigenvalue weighted by Crippen LogP contribution is 2.31. The first-order valence-electron chi connectivity index (χ1n) is 5.88. The average Bonchev–Trinajstić information content (AvgIpc) is 2.09. The summed E-state index contributed by atoms with van der Waals surface area (Å²) in [5.41, 5.74) is 1.94. The summed E-state index contributed by atoms with van der Waals surface area (Å²) in [5.74, 6) is 0.106. The van der Waals surface area contributed by atoms with Crippen molar-refractivity contribution in [1.82, 2.24) is 0 Å². The molecule has 0 bridgehead atoms. The SMILES string of the molecule is Cc1cc(C)c(C(=O)CC2CCC2)c(F)c1. The largest absolute Gasteiger partial charge is 0.294 e. The predicted molar refractivity (Wildman–Crippen MR) is 62.2 cm³/mol. The standard InChI is InChI=1S/C14H17FO/c1-9-6-10(2)14(12(15)7-9)13(16)8-11-4-3-5-11/h6-7,11H,3-5,8H2,1-2H3. The topological polar surface area (TPSA) is 17.1 Å². The van der Waals surface area contributed by atoms with Crippen LogP contribution < -0.4 is 0 Å². The zero-order valence-corrected chi connectivity index (χ0v) is 9.85. The van der Waals surface area contributed by atoms with Gasteiger partial charge in [0, 0.05) is 6.42 Å². The molecule has 0 heterocycles. The number of hydrogen-bond acceptors (Lipinski definition) is 1. The van der Waals surface area contributed by atoms with Crippen LogP contribution in [0.25, 0.3) is 0 Å². The first-order valence-corrected chi connectivity index (χ1v) is 5.88. The van der Waals surface area contributed by atoms with Crippen LogP contribution >= 0.6 is 0 Å². The molecule has 1 aromatic rings. The summed E-state index contributed by atoms with van der Waals surface area (Å²) in [5, 5.41) is 0. The van der Waals surface area contributed by atoms with Crippen molar-refractivity contribution < 1.29 is 9.18 Å². The van der Waals surface area contributed by atoms with Gasteiger partial charge < -0.3 is 0 Å². The van der Waals surface area contributed by atoms with Gasteiger partial charge in [0.2, 0.25) is 0 Å². The van der Waals surface area contributed by atoms with Crippen molar-refractivity contribution in [2.75, 3.05) is 0 Å². The van der Waals surface area contributed by atoms with E-state index in [1.165, 1.54) is 12.5 Å². The fourth-order valence-electron chi connectivity index (χ4n) is 2.33. The van der Waals surface area contributed by atoms with Gasteiger partial charge in [-0.25, -0.2) is 4.39 Å². The predicted octanol–water partition coefficient (Wildman–Crippen LogP) is 3.82. The molecule has 0 spiro atoms. The van der Waals surface area contributed by atoms with Gasteiger partial charge in [0.05, 0.1) is 5.56 Å². The molecule has 0 saturated heterocycles. The van der Waals surface area contributed by atoms with E-state index in [4.69, 9.17) is 0 Å². The molecule has 2 rings (SSSR count). The third kappa shape index (κ3) is 2.16. The Morgan fingerprint density at radius 1 is 1.38 bits per heavy atom. The fourth-order valence-corrected chi connectivity index (χ4v) is 2.33. The van der Waals surface area contributed by atoms with Crippen LogP contribution in [0.5, 0.6) is 0 Å². The van der Waals surface area contributed by atoms with Crippen molar-refractivity contribution in [3.63, 3.8) is 0 Å². The molecule has 1 aliphatic rings. The molecular weight excluding hydrogens is 203 g/mol. The molecule has 0 unspecified atom stereocenters. The number of carbonyl (C=O) groups is 1. The molecule has 0 amide bonds. The van der Waals surface area contributed by atoms with Crippen molar-refractivity contribution in [3.8, 4) is 0 Å². The van der Waals surface area contributed by atoms with E-state index in [0.717, 1.165) is 24.0 Å². The highest BCUT2D eigenvalue weighted by Gasteiger charge is 2.23. The van der Waals surface area contributed by atoms with E-state index in [2.05, 4.69) is 0 Å². The van der Waals surface area contributed by atoms with E-state index < -0.39 is 0 Å². The van der Waals surface area contributed by atoms with Crippen LogP contribution in [0.15, 0.2) is 12.1 Å². The summed E-state index contributed by atoms with van der Waals surface area (Å²) in [6.45, 7) is 3.65. The van der Waals surface area contributed by atoms with Gasteiger partial charge in [-0.15, -0.1) is 0 Å². The van der Waals surface area contributed by atoms with Crippen molar-refractivity contribution in [2.45, 2.75) is 39.5 Å². The number of ketones is 1. The Kier molecular flexibility index (Phi) is 3.08. The highest BCUT2D eigenvalue weighted by molar-refractivity contribution is 5.97. The Balaban J connectivity index is 2.21. The molecule has 0 radical (unpaired) electrons. The van der Waals surface area contributed by atoms with E-state index in [0.29, 0.717) is 17.9 Å². The third-order valence-corrected chi connectivity index (χ3v) is 3.41. The van der Waals surface area contributed by atoms with Gasteiger partial charge in [-0.1, -0.05) is 25.3 Å². The van der Waals surface area contributed by atoms with Crippen LogP contribution in [0.3, 0.4) is 0 Å². The Morgan fingerprint density at radius 2 is 2.06 bits per heavy atom. The molecule has 16 heavy (non-hydrogen) atoms. The summed E-state index contributed by atoms with van der Waals surface area (Å²) in [6, 6.07) is 3.32. The second-order valence-electron chi connectivity index (χ2n) is 4.86. The van der Waals surface area contributed by atoms with Crippen LogP contribution in [0.2, 0.25) is 0 Å². The molecule has 86 valence electrons. The quantitative estimate of drug-likeness (QED) is 0.708. The van der Waals surface area contributed by atoms with Gasteiger partial charge in [0.15, 0.2) is 5.78 Å². The van der Waals surface area contributed by atoms with Crippen LogP contribution in [-0.4, -0.2) is 5.78 Å². The molecule has 0 atom stereocenters. The number of Topliss-reactive ketones (excluding diaryl/α,β-unsaturated/α-hetero) is 1. The third-order valence-electron chi connectivity index (χ3n) is 3.41. The van der Waals surface area contributed by atoms with E-state index in [9.17, 15) is 9.18 Å². The second kappa shape index (κ2) is 4.36. The summed E-state index contributed by atoms with van der Waals surface area (Å²) in [7, 11) is 0. The Labute approximate surface area is 95.7 Å². The lowest BCUT2D eigenvalue weighted by Gasteiger charge is -2.24. The number of carbonyl (C=O) groups excluding carboxylic acids is 1. The summed E-state index contributed by atoms with van der Waals surface area (Å²) >= 11 is 0. The molecule has 0 N–H and O–H groups in total. The minimum atomic E-state index is -0.359. The van der Waals surface area contributed by atoms with Crippen LogP contribution in [0.1, 0.15) is 47.2 Å². The van der Waals surface area contributed by atoms with Crippen LogP contribution in [-0.2, 0) is 0 Å². The number of hydrogen-bond donors (Lipinski definition) is 0. The summed E-state index contributed by atoms with van der Waals surface area (Å²) in [4.78, 5) is 12.0. The van der Waals surface area contributed by atoms with Gasteiger partial charge >= 0.3 is 0 Å². The Morgan fingerprint density at radius 3 is 2.56 bits per heavy atom. The smallest absolute Gasteiger partial charge is 0.166 e. The number of rotatable bonds is 3. The lowest BCUT2D eigenvalue weighted by atomic mass is 9.80. The van der Waals surface area contributed by atoms with E-state index in [1.807, 2.05) is 19.9 Å². The maximum atomic E-state index is 13.7. The Hall–Kier alpha value is -1.18. The first-order chi connectivity index (χ1) is 7.58. The second-order valence-corrected chi connectivity index (χ2v) is 4.86. The molecule has 1 nitrogen and oxygen atoms in total. The minimum Gasteiger partial charge on any atom is -0.294 e. The Bertz CT molecular complexity index is 396. The normalized spacial score (nSPS) is 15.9. The van der Waals surface area contributed by atoms with Gasteiger partial charge in [-0.05, 0) is 37.0 Å². The van der Waals surface area contributed by atoms with Crippen LogP contribution in [0.4, 0.5) is 4.39 Å². The molecule has 1 fully saturated rings. The summed E-state index contributed by atoms with van der Waals surface area (Å²) < 4.78 is 13.7. The van der Waals surface area contributed by atoms with Crippen molar-refractivity contribution in [3.05, 3.63) is 34.6 Å². The van der Waals surface area contributed by atoms with Gasteiger partial charge in [0.25, 0.3) is 0 Å². The zero-order valence-electron chi connectivity index (χ0n) is 9.85. The minimum absolute atomic E-state index is 0.0281. The van der Waals surface area contributed by atoms with E-state index in [-0.39, 0.29) is 11.6 Å². The van der Waals surface area contributed by atoms with Gasteiger partial charge in [0.1, 0.15) is 5.82 Å². The van der Waals surface area contributed by atoms with Gasteiger partial charge in [-0.3, -0.25) is 4.79 Å². The molecule has 1 aromatic carbocycles. The fraction of sp³-hybridized carbons (Fsp3) is 0.500. The van der Waals surface area contributed by atoms with Crippen molar-refractivity contribution in [1.29, 1.82) is 0 Å². The lowest BCUT2D eigenvalue weighted by molar-refractivity contribution is 0.0932. The zero-order chi connectivity index (χ0) is 11.7. The molecule has 1 aliphatic carbocycles. The maximum Gasteiger partial charge on any atom is 0.166 e. The average molecular weight is 220 g/mol. The van der Waals surface area contributed by atoms with Crippen molar-refractivity contribution in [2.24, 2.45) is 5.92 Å². The molecule has 1 saturated carbocycles. The van der Waals surface area contributed by atoms with Crippen LogP contribution in [0, 0.1) is 25.6 Å². The number of aryl methyl sites for hydroxylation is 2. The van der Waals surface area contributed by atoms with E-state index >= 15 is 0 Å². The molecular formula is C14H17FO. The maximum absolute atomic E-state index is 13.7. The van der Waals surface area contributed by atoms with Crippen molar-refractivity contribution >= 4 is 5.78 Å². The molecule has 2 heteroatoms. The summed E-state index contributed by atoms with van der Waals surface area (Å²) in [6.07, 6.45) is 3.98. The lowest BCUT2D eigenvalue weighted by Crippen LogP contribution is -2.17.